The predicted molar refractivity (Wildman–Crippen MR) is 72.3 cm³/mol. The van der Waals surface area contributed by atoms with Gasteiger partial charge in [-0.3, -0.25) is 4.68 Å². The van der Waals surface area contributed by atoms with Gasteiger partial charge in [-0.2, -0.15) is 5.10 Å². The van der Waals surface area contributed by atoms with E-state index in [4.69, 9.17) is 0 Å². The molecule has 0 bridgehead atoms. The minimum absolute atomic E-state index is 1.11. The number of benzene rings is 1. The second-order valence-electron chi connectivity index (χ2n) is 4.94. The summed E-state index contributed by atoms with van der Waals surface area (Å²) >= 11 is 0. The van der Waals surface area contributed by atoms with Gasteiger partial charge in [0, 0.05) is 18.3 Å². The molecule has 0 amide bonds. The molecule has 0 aliphatic carbocycles. The average molecular weight is 228 g/mol. The first-order valence-electron chi connectivity index (χ1n) is 6.00. The smallest absolute Gasteiger partial charge is 0.0674 e. The fourth-order valence-corrected chi connectivity index (χ4v) is 2.71. The summed E-state index contributed by atoms with van der Waals surface area (Å²) in [5.74, 6) is 0. The lowest BCUT2D eigenvalue weighted by atomic mass is 9.93. The molecule has 0 saturated heterocycles. The molecule has 0 fully saturated rings. The fourth-order valence-electron chi connectivity index (χ4n) is 2.71. The fraction of sp³-hybridized carbons (Fsp3) is 0.400. The topological polar surface area (TPSA) is 17.8 Å². The molecule has 2 rings (SSSR count). The van der Waals surface area contributed by atoms with Gasteiger partial charge in [0.2, 0.25) is 0 Å². The van der Waals surface area contributed by atoms with Gasteiger partial charge in [-0.15, -0.1) is 0 Å². The van der Waals surface area contributed by atoms with Crippen LogP contribution in [0.1, 0.15) is 28.1 Å². The van der Waals surface area contributed by atoms with Crippen LogP contribution < -0.4 is 0 Å². The lowest BCUT2D eigenvalue weighted by Gasteiger charge is -2.12. The van der Waals surface area contributed by atoms with Crippen molar-refractivity contribution in [2.24, 2.45) is 7.05 Å². The Balaban J connectivity index is 2.77. The minimum atomic E-state index is 1.11. The summed E-state index contributed by atoms with van der Waals surface area (Å²) in [7, 11) is 2.00. The Morgan fingerprint density at radius 3 is 1.82 bits per heavy atom. The second-order valence-corrected chi connectivity index (χ2v) is 4.94. The van der Waals surface area contributed by atoms with Gasteiger partial charge in [-0.05, 0) is 51.3 Å². The Bertz CT molecular complexity index is 554. The lowest BCUT2D eigenvalue weighted by Crippen LogP contribution is -1.94. The van der Waals surface area contributed by atoms with Crippen molar-refractivity contribution in [3.05, 3.63) is 40.2 Å². The number of nitrogens with zero attached hydrogens (tertiary/aromatic N) is 2. The molecule has 0 aliphatic rings. The van der Waals surface area contributed by atoms with Gasteiger partial charge in [0.1, 0.15) is 0 Å². The third-order valence-electron chi connectivity index (χ3n) is 3.44. The van der Waals surface area contributed by atoms with Crippen molar-refractivity contribution in [2.45, 2.75) is 34.6 Å². The van der Waals surface area contributed by atoms with E-state index in [0.29, 0.717) is 0 Å². The largest absolute Gasteiger partial charge is 0.272 e. The quantitative estimate of drug-likeness (QED) is 0.728. The molecule has 90 valence electrons. The molecule has 17 heavy (non-hydrogen) atoms. The minimum Gasteiger partial charge on any atom is -0.272 e. The summed E-state index contributed by atoms with van der Waals surface area (Å²) in [6.07, 6.45) is 0. The summed E-state index contributed by atoms with van der Waals surface area (Å²) in [4.78, 5) is 0. The van der Waals surface area contributed by atoms with E-state index in [9.17, 15) is 0 Å². The summed E-state index contributed by atoms with van der Waals surface area (Å²) in [6.45, 7) is 10.7. The van der Waals surface area contributed by atoms with E-state index < -0.39 is 0 Å². The Labute approximate surface area is 103 Å². The van der Waals surface area contributed by atoms with Gasteiger partial charge in [0.15, 0.2) is 0 Å². The molecule has 2 aromatic rings. The molecule has 0 saturated carbocycles. The number of aryl methyl sites for hydroxylation is 5. The van der Waals surface area contributed by atoms with Crippen LogP contribution in [0, 0.1) is 34.6 Å². The number of hydrogen-bond acceptors (Lipinski definition) is 1. The maximum absolute atomic E-state index is 4.51. The molecule has 0 aliphatic heterocycles. The highest BCUT2D eigenvalue weighted by Crippen LogP contribution is 2.32. The standard InChI is InChI=1S/C15H20N2/c1-9-7-10(2)14(11(3)8-9)15-12(4)16-17(6)13(15)5/h7-8H,1-6H3. The third-order valence-corrected chi connectivity index (χ3v) is 3.44. The van der Waals surface area contributed by atoms with E-state index in [2.05, 4.69) is 51.9 Å². The van der Waals surface area contributed by atoms with Crippen LogP contribution in [0.5, 0.6) is 0 Å². The molecule has 1 heterocycles. The molecule has 1 aromatic heterocycles. The van der Waals surface area contributed by atoms with Crippen LogP contribution in [-0.4, -0.2) is 9.78 Å². The van der Waals surface area contributed by atoms with E-state index in [1.807, 2.05) is 11.7 Å². The highest BCUT2D eigenvalue weighted by molar-refractivity contribution is 5.75. The molecule has 0 unspecified atom stereocenters. The van der Waals surface area contributed by atoms with Crippen molar-refractivity contribution in [2.75, 3.05) is 0 Å². The van der Waals surface area contributed by atoms with Gasteiger partial charge in [0.25, 0.3) is 0 Å². The van der Waals surface area contributed by atoms with Gasteiger partial charge in [-0.25, -0.2) is 0 Å². The lowest BCUT2D eigenvalue weighted by molar-refractivity contribution is 0.731. The molecular formula is C15H20N2. The molecule has 0 atom stereocenters. The van der Waals surface area contributed by atoms with Crippen molar-refractivity contribution in [1.82, 2.24) is 9.78 Å². The highest BCUT2D eigenvalue weighted by Gasteiger charge is 2.15. The number of hydrogen-bond donors (Lipinski definition) is 0. The molecule has 0 spiro atoms. The predicted octanol–water partition coefficient (Wildman–Crippen LogP) is 3.63. The van der Waals surface area contributed by atoms with Crippen molar-refractivity contribution < 1.29 is 0 Å². The third kappa shape index (κ3) is 1.88. The second kappa shape index (κ2) is 4.02. The van der Waals surface area contributed by atoms with Crippen molar-refractivity contribution in [3.8, 4) is 11.1 Å². The van der Waals surface area contributed by atoms with E-state index in [1.54, 1.807) is 0 Å². The Morgan fingerprint density at radius 2 is 1.41 bits per heavy atom. The van der Waals surface area contributed by atoms with E-state index in [-0.39, 0.29) is 0 Å². The van der Waals surface area contributed by atoms with Crippen LogP contribution in [0.15, 0.2) is 12.1 Å². The van der Waals surface area contributed by atoms with Gasteiger partial charge < -0.3 is 0 Å². The van der Waals surface area contributed by atoms with Crippen LogP contribution in [0.25, 0.3) is 11.1 Å². The summed E-state index contributed by atoms with van der Waals surface area (Å²) in [5, 5.41) is 4.51. The molecule has 0 N–H and O–H groups in total. The number of rotatable bonds is 1. The van der Waals surface area contributed by atoms with E-state index in [0.717, 1.165) is 5.69 Å². The van der Waals surface area contributed by atoms with Crippen molar-refractivity contribution >= 4 is 0 Å². The summed E-state index contributed by atoms with van der Waals surface area (Å²) < 4.78 is 1.96. The van der Waals surface area contributed by atoms with Crippen LogP contribution >= 0.6 is 0 Å². The first-order valence-corrected chi connectivity index (χ1v) is 6.00. The van der Waals surface area contributed by atoms with Crippen LogP contribution in [0.4, 0.5) is 0 Å². The SMILES string of the molecule is Cc1cc(C)c(-c2c(C)nn(C)c2C)c(C)c1. The Hall–Kier alpha value is -1.57. The van der Waals surface area contributed by atoms with E-state index in [1.165, 1.54) is 33.5 Å². The van der Waals surface area contributed by atoms with E-state index >= 15 is 0 Å². The van der Waals surface area contributed by atoms with Gasteiger partial charge >= 0.3 is 0 Å². The number of aromatic nitrogens is 2. The summed E-state index contributed by atoms with van der Waals surface area (Å²) in [5.41, 5.74) is 8.98. The summed E-state index contributed by atoms with van der Waals surface area (Å²) in [6, 6.07) is 4.49. The zero-order chi connectivity index (χ0) is 12.7. The highest BCUT2D eigenvalue weighted by atomic mass is 15.3. The Kier molecular flexibility index (Phi) is 2.82. The maximum Gasteiger partial charge on any atom is 0.0674 e. The van der Waals surface area contributed by atoms with Crippen LogP contribution in [-0.2, 0) is 7.05 Å². The molecule has 0 radical (unpaired) electrons. The zero-order valence-corrected chi connectivity index (χ0v) is 11.5. The van der Waals surface area contributed by atoms with Gasteiger partial charge in [-0.1, -0.05) is 17.7 Å². The normalized spacial score (nSPS) is 10.9. The molecule has 1 aromatic carbocycles. The van der Waals surface area contributed by atoms with Crippen molar-refractivity contribution in [1.29, 1.82) is 0 Å². The van der Waals surface area contributed by atoms with Crippen LogP contribution in [0.2, 0.25) is 0 Å². The van der Waals surface area contributed by atoms with Gasteiger partial charge in [0.05, 0.1) is 5.69 Å². The monoisotopic (exact) mass is 228 g/mol. The molecular weight excluding hydrogens is 208 g/mol. The zero-order valence-electron chi connectivity index (χ0n) is 11.5. The van der Waals surface area contributed by atoms with Crippen LogP contribution in [0.3, 0.4) is 0 Å². The Morgan fingerprint density at radius 1 is 0.882 bits per heavy atom. The molecule has 2 heteroatoms. The maximum atomic E-state index is 4.51. The average Bonchev–Trinajstić information content (AvgIpc) is 2.43. The van der Waals surface area contributed by atoms with Crippen molar-refractivity contribution in [3.63, 3.8) is 0 Å². The first-order chi connectivity index (χ1) is 7.91. The molecule has 2 nitrogen and oxygen atoms in total. The first kappa shape index (κ1) is 11.9.